The Labute approximate surface area is 115 Å². The summed E-state index contributed by atoms with van der Waals surface area (Å²) in [4.78, 5) is 11.0. The average molecular weight is 316 g/mol. The van der Waals surface area contributed by atoms with Gasteiger partial charge in [0.1, 0.15) is 11.8 Å². The molecule has 0 amide bonds. The van der Waals surface area contributed by atoms with Crippen LogP contribution in [0.5, 0.6) is 5.75 Å². The van der Waals surface area contributed by atoms with Crippen molar-refractivity contribution >= 4 is 21.9 Å². The van der Waals surface area contributed by atoms with Gasteiger partial charge in [0.05, 0.1) is 11.6 Å². The third kappa shape index (κ3) is 3.99. The summed E-state index contributed by atoms with van der Waals surface area (Å²) in [6.45, 7) is 4.28. The fourth-order valence-corrected chi connectivity index (χ4v) is 2.24. The first-order valence-electron chi connectivity index (χ1n) is 5.74. The van der Waals surface area contributed by atoms with Gasteiger partial charge in [0.15, 0.2) is 0 Å². The highest BCUT2D eigenvalue weighted by molar-refractivity contribution is 9.10. The summed E-state index contributed by atoms with van der Waals surface area (Å²) in [6.07, 6.45) is 0. The molecule has 2 N–H and O–H groups in total. The Morgan fingerprint density at radius 1 is 1.50 bits per heavy atom. The third-order valence-electron chi connectivity index (χ3n) is 2.68. The zero-order valence-corrected chi connectivity index (χ0v) is 12.3. The lowest BCUT2D eigenvalue weighted by atomic mass is 10.0. The van der Waals surface area contributed by atoms with Gasteiger partial charge < -0.3 is 15.2 Å². The number of aliphatic carboxylic acids is 1. The molecule has 0 aromatic heterocycles. The van der Waals surface area contributed by atoms with Crippen LogP contribution in [0, 0.1) is 5.92 Å². The van der Waals surface area contributed by atoms with Crippen molar-refractivity contribution in [3.63, 3.8) is 0 Å². The molecule has 0 unspecified atom stereocenters. The van der Waals surface area contributed by atoms with Crippen LogP contribution in [0.3, 0.4) is 0 Å². The third-order valence-corrected chi connectivity index (χ3v) is 3.29. The van der Waals surface area contributed by atoms with Crippen molar-refractivity contribution in [3.05, 3.63) is 28.2 Å². The van der Waals surface area contributed by atoms with Gasteiger partial charge in [-0.2, -0.15) is 0 Å². The molecule has 1 aromatic rings. The molecule has 1 aromatic carbocycles. The standard InChI is InChI=1S/C13H18BrNO3/c1-8(2)12(13(16)17)15-7-9-4-5-11(18-3)10(14)6-9/h4-6,8,12,15H,7H2,1-3H3,(H,16,17)/t12-/m1/s1. The normalized spacial score (nSPS) is 12.5. The maximum Gasteiger partial charge on any atom is 0.320 e. The number of carboxylic acid groups (broad SMARTS) is 1. The average Bonchev–Trinajstić information content (AvgIpc) is 2.28. The molecular formula is C13H18BrNO3. The van der Waals surface area contributed by atoms with E-state index in [2.05, 4.69) is 21.2 Å². The van der Waals surface area contributed by atoms with Gasteiger partial charge in [-0.05, 0) is 39.5 Å². The SMILES string of the molecule is COc1ccc(CN[C@@H](C(=O)O)C(C)C)cc1Br. The van der Waals surface area contributed by atoms with Crippen molar-refractivity contribution in [3.8, 4) is 5.75 Å². The van der Waals surface area contributed by atoms with Crippen molar-refractivity contribution in [2.75, 3.05) is 7.11 Å². The Kier molecular flexibility index (Phi) is 5.62. The second-order valence-corrected chi connectivity index (χ2v) is 5.26. The Hall–Kier alpha value is -1.07. The molecule has 0 saturated heterocycles. The molecule has 0 heterocycles. The predicted octanol–water partition coefficient (Wildman–Crippen LogP) is 2.66. The van der Waals surface area contributed by atoms with Crippen LogP contribution in [-0.2, 0) is 11.3 Å². The topological polar surface area (TPSA) is 58.6 Å². The largest absolute Gasteiger partial charge is 0.496 e. The van der Waals surface area contributed by atoms with E-state index < -0.39 is 12.0 Å². The Morgan fingerprint density at radius 3 is 2.61 bits per heavy atom. The molecule has 0 fully saturated rings. The molecule has 1 rings (SSSR count). The van der Waals surface area contributed by atoms with E-state index in [1.807, 2.05) is 32.0 Å². The van der Waals surface area contributed by atoms with E-state index in [0.29, 0.717) is 6.54 Å². The molecule has 5 heteroatoms. The van der Waals surface area contributed by atoms with E-state index in [9.17, 15) is 4.79 Å². The van der Waals surface area contributed by atoms with Crippen LogP contribution in [0.25, 0.3) is 0 Å². The molecule has 4 nitrogen and oxygen atoms in total. The van der Waals surface area contributed by atoms with Crippen molar-refractivity contribution < 1.29 is 14.6 Å². The number of rotatable bonds is 6. The van der Waals surface area contributed by atoms with Crippen LogP contribution in [0.15, 0.2) is 22.7 Å². The number of hydrogen-bond acceptors (Lipinski definition) is 3. The highest BCUT2D eigenvalue weighted by Gasteiger charge is 2.20. The van der Waals surface area contributed by atoms with Crippen molar-refractivity contribution in [2.45, 2.75) is 26.4 Å². The minimum Gasteiger partial charge on any atom is -0.496 e. The number of hydrogen-bond donors (Lipinski definition) is 2. The van der Waals surface area contributed by atoms with E-state index in [0.717, 1.165) is 15.8 Å². The summed E-state index contributed by atoms with van der Waals surface area (Å²) in [5.74, 6) is -0.0147. The van der Waals surface area contributed by atoms with Crippen molar-refractivity contribution in [2.24, 2.45) is 5.92 Å². The van der Waals surface area contributed by atoms with Gasteiger partial charge in [-0.1, -0.05) is 19.9 Å². The molecule has 0 bridgehead atoms. The number of halogens is 1. The summed E-state index contributed by atoms with van der Waals surface area (Å²) in [5, 5.41) is 12.1. The Balaban J connectivity index is 2.68. The lowest BCUT2D eigenvalue weighted by Gasteiger charge is -2.18. The monoisotopic (exact) mass is 315 g/mol. The maximum atomic E-state index is 11.0. The fourth-order valence-electron chi connectivity index (χ4n) is 1.66. The summed E-state index contributed by atoms with van der Waals surface area (Å²) in [5.41, 5.74) is 1.01. The van der Waals surface area contributed by atoms with Crippen LogP contribution < -0.4 is 10.1 Å². The van der Waals surface area contributed by atoms with Crippen molar-refractivity contribution in [1.82, 2.24) is 5.32 Å². The van der Waals surface area contributed by atoms with Gasteiger partial charge in [-0.15, -0.1) is 0 Å². The molecule has 0 radical (unpaired) electrons. The van der Waals surface area contributed by atoms with E-state index in [1.54, 1.807) is 7.11 Å². The molecule has 0 spiro atoms. The number of nitrogens with one attached hydrogen (secondary N) is 1. The second-order valence-electron chi connectivity index (χ2n) is 4.41. The van der Waals surface area contributed by atoms with Gasteiger partial charge in [0.25, 0.3) is 0 Å². The minimum absolute atomic E-state index is 0.0455. The molecular weight excluding hydrogens is 298 g/mol. The molecule has 0 aliphatic rings. The molecule has 100 valence electrons. The molecule has 18 heavy (non-hydrogen) atoms. The number of ether oxygens (including phenoxy) is 1. The van der Waals surface area contributed by atoms with Crippen LogP contribution >= 0.6 is 15.9 Å². The van der Waals surface area contributed by atoms with Crippen LogP contribution in [-0.4, -0.2) is 24.2 Å². The van der Waals surface area contributed by atoms with E-state index in [4.69, 9.17) is 9.84 Å². The van der Waals surface area contributed by atoms with Crippen molar-refractivity contribution in [1.29, 1.82) is 0 Å². The number of carboxylic acids is 1. The van der Waals surface area contributed by atoms with Crippen LogP contribution in [0.1, 0.15) is 19.4 Å². The van der Waals surface area contributed by atoms with E-state index >= 15 is 0 Å². The lowest BCUT2D eigenvalue weighted by molar-refractivity contribution is -0.140. The Bertz CT molecular complexity index is 421. The van der Waals surface area contributed by atoms with E-state index in [-0.39, 0.29) is 5.92 Å². The number of methoxy groups -OCH3 is 1. The second kappa shape index (κ2) is 6.75. The molecule has 0 saturated carbocycles. The maximum absolute atomic E-state index is 11.0. The Morgan fingerprint density at radius 2 is 2.17 bits per heavy atom. The van der Waals surface area contributed by atoms with Gasteiger partial charge in [-0.25, -0.2) is 0 Å². The predicted molar refractivity (Wildman–Crippen MR) is 73.8 cm³/mol. The van der Waals surface area contributed by atoms with Gasteiger partial charge in [0.2, 0.25) is 0 Å². The summed E-state index contributed by atoms with van der Waals surface area (Å²) in [7, 11) is 1.61. The van der Waals surface area contributed by atoms with Crippen LogP contribution in [0.2, 0.25) is 0 Å². The van der Waals surface area contributed by atoms with Gasteiger partial charge in [-0.3, -0.25) is 4.79 Å². The molecule has 1 atom stereocenters. The smallest absolute Gasteiger partial charge is 0.320 e. The van der Waals surface area contributed by atoms with Gasteiger partial charge >= 0.3 is 5.97 Å². The summed E-state index contributed by atoms with van der Waals surface area (Å²) < 4.78 is 6.00. The van der Waals surface area contributed by atoms with Crippen LogP contribution in [0.4, 0.5) is 0 Å². The first-order chi connectivity index (χ1) is 8.45. The zero-order valence-electron chi connectivity index (χ0n) is 10.7. The number of benzene rings is 1. The lowest BCUT2D eigenvalue weighted by Crippen LogP contribution is -2.40. The minimum atomic E-state index is -0.822. The fraction of sp³-hybridized carbons (Fsp3) is 0.462. The zero-order chi connectivity index (χ0) is 13.7. The quantitative estimate of drug-likeness (QED) is 0.847. The van der Waals surface area contributed by atoms with E-state index in [1.165, 1.54) is 0 Å². The molecule has 0 aliphatic carbocycles. The summed E-state index contributed by atoms with van der Waals surface area (Å²) >= 11 is 3.40. The first-order valence-corrected chi connectivity index (χ1v) is 6.53. The highest BCUT2D eigenvalue weighted by atomic mass is 79.9. The van der Waals surface area contributed by atoms with Gasteiger partial charge in [0, 0.05) is 6.54 Å². The highest BCUT2D eigenvalue weighted by Crippen LogP contribution is 2.25. The number of carbonyl (C=O) groups is 1. The molecule has 0 aliphatic heterocycles. The summed E-state index contributed by atoms with van der Waals surface area (Å²) in [6, 6.07) is 5.15. The first kappa shape index (κ1) is 15.0.